The number of carbonyl (C=O) groups excluding carboxylic acids is 1. The maximum Gasteiger partial charge on any atom is 0.325 e. The van der Waals surface area contributed by atoms with E-state index >= 15 is 0 Å². The Hall–Kier alpha value is -2.08. The normalized spacial score (nSPS) is 11.7. The molecule has 1 atom stereocenters. The van der Waals surface area contributed by atoms with E-state index in [2.05, 4.69) is 5.32 Å². The molecule has 19 heavy (non-hydrogen) atoms. The lowest BCUT2D eigenvalue weighted by molar-refractivity contribution is -0.138. The van der Waals surface area contributed by atoms with Gasteiger partial charge in [0, 0.05) is 12.7 Å². The minimum Gasteiger partial charge on any atom is -0.491 e. The van der Waals surface area contributed by atoms with Gasteiger partial charge in [0.25, 0.3) is 5.91 Å². The van der Waals surface area contributed by atoms with Gasteiger partial charge in [-0.1, -0.05) is 6.07 Å². The van der Waals surface area contributed by atoms with Crippen LogP contribution in [0.2, 0.25) is 0 Å². The average Bonchev–Trinajstić information content (AvgIpc) is 2.39. The van der Waals surface area contributed by atoms with E-state index in [1.165, 1.54) is 6.92 Å². The molecular weight excluding hydrogens is 250 g/mol. The lowest BCUT2D eigenvalue weighted by atomic mass is 10.2. The topological polar surface area (TPSA) is 84.9 Å². The highest BCUT2D eigenvalue weighted by Crippen LogP contribution is 2.13. The third-order valence-corrected chi connectivity index (χ3v) is 2.37. The summed E-state index contributed by atoms with van der Waals surface area (Å²) < 4.78 is 10.2. The van der Waals surface area contributed by atoms with E-state index < -0.39 is 17.9 Å². The van der Waals surface area contributed by atoms with Crippen molar-refractivity contribution in [1.29, 1.82) is 0 Å². The number of benzene rings is 1. The highest BCUT2D eigenvalue weighted by molar-refractivity contribution is 5.96. The highest BCUT2D eigenvalue weighted by Gasteiger charge is 2.15. The Morgan fingerprint density at radius 2 is 2.11 bits per heavy atom. The first-order valence-corrected chi connectivity index (χ1v) is 5.80. The molecule has 2 N–H and O–H groups in total. The van der Waals surface area contributed by atoms with Gasteiger partial charge >= 0.3 is 5.97 Å². The zero-order chi connectivity index (χ0) is 14.3. The number of hydrogen-bond donors (Lipinski definition) is 2. The monoisotopic (exact) mass is 267 g/mol. The van der Waals surface area contributed by atoms with Gasteiger partial charge in [-0.3, -0.25) is 9.59 Å². The Morgan fingerprint density at radius 1 is 1.37 bits per heavy atom. The molecule has 0 bridgehead atoms. The molecule has 0 saturated carbocycles. The summed E-state index contributed by atoms with van der Waals surface area (Å²) in [4.78, 5) is 22.4. The molecule has 0 fully saturated rings. The van der Waals surface area contributed by atoms with Crippen LogP contribution in [0.4, 0.5) is 0 Å². The van der Waals surface area contributed by atoms with Crippen molar-refractivity contribution < 1.29 is 24.2 Å². The lowest BCUT2D eigenvalue weighted by Crippen LogP contribution is -2.38. The first-order valence-electron chi connectivity index (χ1n) is 5.80. The quantitative estimate of drug-likeness (QED) is 0.717. The summed E-state index contributed by atoms with van der Waals surface area (Å²) in [6.45, 7) is 2.23. The Labute approximate surface area is 111 Å². The number of ether oxygens (including phenoxy) is 2. The second-order valence-corrected chi connectivity index (χ2v) is 3.90. The number of carboxylic acid groups (broad SMARTS) is 1. The molecule has 104 valence electrons. The van der Waals surface area contributed by atoms with Crippen LogP contribution in [0.5, 0.6) is 5.75 Å². The molecule has 1 rings (SSSR count). The first-order chi connectivity index (χ1) is 9.04. The Kier molecular flexibility index (Phi) is 5.81. The lowest BCUT2D eigenvalue weighted by Gasteiger charge is -2.10. The van der Waals surface area contributed by atoms with Crippen molar-refractivity contribution in [3.05, 3.63) is 29.8 Å². The molecule has 1 aromatic rings. The second-order valence-electron chi connectivity index (χ2n) is 3.90. The summed E-state index contributed by atoms with van der Waals surface area (Å²) in [7, 11) is 1.57. The van der Waals surface area contributed by atoms with Gasteiger partial charge in [0.1, 0.15) is 18.4 Å². The summed E-state index contributed by atoms with van der Waals surface area (Å²) in [6.07, 6.45) is 0. The number of carbonyl (C=O) groups is 2. The molecule has 6 nitrogen and oxygen atoms in total. The molecule has 0 unspecified atom stereocenters. The predicted octanol–water partition coefficient (Wildman–Crippen LogP) is 0.915. The summed E-state index contributed by atoms with van der Waals surface area (Å²) in [5.74, 6) is -0.999. The van der Waals surface area contributed by atoms with Crippen molar-refractivity contribution in [1.82, 2.24) is 5.32 Å². The van der Waals surface area contributed by atoms with Crippen molar-refractivity contribution in [3.63, 3.8) is 0 Å². The maximum atomic E-state index is 11.8. The second kappa shape index (κ2) is 7.38. The third kappa shape index (κ3) is 4.97. The van der Waals surface area contributed by atoms with Gasteiger partial charge < -0.3 is 19.9 Å². The van der Waals surface area contributed by atoms with Crippen molar-refractivity contribution >= 4 is 11.9 Å². The number of nitrogens with one attached hydrogen (secondary N) is 1. The van der Waals surface area contributed by atoms with E-state index in [1.807, 2.05) is 0 Å². The molecule has 1 amide bonds. The van der Waals surface area contributed by atoms with Gasteiger partial charge in [-0.2, -0.15) is 0 Å². The van der Waals surface area contributed by atoms with E-state index in [0.717, 1.165) is 0 Å². The van der Waals surface area contributed by atoms with Crippen molar-refractivity contribution in [2.75, 3.05) is 20.3 Å². The fourth-order valence-corrected chi connectivity index (χ4v) is 1.31. The smallest absolute Gasteiger partial charge is 0.325 e. The van der Waals surface area contributed by atoms with Crippen LogP contribution in [0.15, 0.2) is 24.3 Å². The molecule has 6 heteroatoms. The summed E-state index contributed by atoms with van der Waals surface area (Å²) in [6, 6.07) is 5.59. The van der Waals surface area contributed by atoms with Crippen molar-refractivity contribution in [3.8, 4) is 5.75 Å². The molecule has 0 aliphatic carbocycles. The summed E-state index contributed by atoms with van der Waals surface area (Å²) in [5, 5.41) is 11.1. The molecule has 0 aliphatic heterocycles. The van der Waals surface area contributed by atoms with Gasteiger partial charge in [-0.05, 0) is 25.1 Å². The first kappa shape index (κ1) is 15.0. The molecule has 0 aliphatic rings. The van der Waals surface area contributed by atoms with E-state index in [0.29, 0.717) is 24.5 Å². The van der Waals surface area contributed by atoms with Crippen LogP contribution < -0.4 is 10.1 Å². The summed E-state index contributed by atoms with van der Waals surface area (Å²) >= 11 is 0. The molecule has 0 aromatic heterocycles. The Balaban J connectivity index is 2.65. The van der Waals surface area contributed by atoms with Crippen molar-refractivity contribution in [2.45, 2.75) is 13.0 Å². The average molecular weight is 267 g/mol. The minimum absolute atomic E-state index is 0.350. The van der Waals surface area contributed by atoms with E-state index in [-0.39, 0.29) is 0 Å². The van der Waals surface area contributed by atoms with Crippen LogP contribution >= 0.6 is 0 Å². The highest BCUT2D eigenvalue weighted by atomic mass is 16.5. The van der Waals surface area contributed by atoms with Crippen LogP contribution in [0, 0.1) is 0 Å². The van der Waals surface area contributed by atoms with E-state index in [1.54, 1.807) is 31.4 Å². The number of carboxylic acids is 1. The SMILES string of the molecule is COCCOc1cccc(C(=O)N[C@H](C)C(=O)O)c1. The molecule has 0 heterocycles. The minimum atomic E-state index is -1.08. The predicted molar refractivity (Wildman–Crippen MR) is 68.4 cm³/mol. The van der Waals surface area contributed by atoms with Gasteiger partial charge in [-0.15, -0.1) is 0 Å². The van der Waals surface area contributed by atoms with Crippen LogP contribution in [-0.4, -0.2) is 43.3 Å². The van der Waals surface area contributed by atoms with E-state index in [9.17, 15) is 9.59 Å². The molecule has 1 aromatic carbocycles. The van der Waals surface area contributed by atoms with Gasteiger partial charge in [-0.25, -0.2) is 0 Å². The van der Waals surface area contributed by atoms with Crippen molar-refractivity contribution in [2.24, 2.45) is 0 Å². The molecule has 0 saturated heterocycles. The maximum absolute atomic E-state index is 11.8. The molecular formula is C13H17NO5. The van der Waals surface area contributed by atoms with E-state index in [4.69, 9.17) is 14.6 Å². The van der Waals surface area contributed by atoms with Crippen LogP contribution in [-0.2, 0) is 9.53 Å². The number of amides is 1. The van der Waals surface area contributed by atoms with Crippen LogP contribution in [0.25, 0.3) is 0 Å². The number of rotatable bonds is 7. The third-order valence-electron chi connectivity index (χ3n) is 2.37. The molecule has 0 radical (unpaired) electrons. The van der Waals surface area contributed by atoms with Crippen LogP contribution in [0.3, 0.4) is 0 Å². The number of aliphatic carboxylic acids is 1. The number of methoxy groups -OCH3 is 1. The zero-order valence-electron chi connectivity index (χ0n) is 10.9. The largest absolute Gasteiger partial charge is 0.491 e. The van der Waals surface area contributed by atoms with Gasteiger partial charge in [0.2, 0.25) is 0 Å². The Bertz CT molecular complexity index is 446. The molecule has 0 spiro atoms. The van der Waals surface area contributed by atoms with Gasteiger partial charge in [0.05, 0.1) is 6.61 Å². The number of hydrogen-bond acceptors (Lipinski definition) is 4. The fraction of sp³-hybridized carbons (Fsp3) is 0.385. The fourth-order valence-electron chi connectivity index (χ4n) is 1.31. The zero-order valence-corrected chi connectivity index (χ0v) is 10.9. The van der Waals surface area contributed by atoms with Crippen LogP contribution in [0.1, 0.15) is 17.3 Å². The van der Waals surface area contributed by atoms with Gasteiger partial charge in [0.15, 0.2) is 0 Å². The Morgan fingerprint density at radius 3 is 2.74 bits per heavy atom. The standard InChI is InChI=1S/C13H17NO5/c1-9(13(16)17)14-12(15)10-4-3-5-11(8-10)19-7-6-18-2/h3-5,8-9H,6-7H2,1-2H3,(H,14,15)(H,16,17)/t9-/m1/s1. The summed E-state index contributed by atoms with van der Waals surface area (Å²) in [5.41, 5.74) is 0.350.